The average Bonchev–Trinajstić information content (AvgIpc) is 2.72. The molecule has 0 saturated carbocycles. The van der Waals surface area contributed by atoms with Crippen molar-refractivity contribution in [2.24, 2.45) is 5.92 Å². The van der Waals surface area contributed by atoms with Gasteiger partial charge in [0, 0.05) is 24.7 Å². The van der Waals surface area contributed by atoms with Gasteiger partial charge in [0.2, 0.25) is 0 Å². The van der Waals surface area contributed by atoms with Crippen molar-refractivity contribution in [2.45, 2.75) is 84.6 Å². The van der Waals surface area contributed by atoms with Crippen LogP contribution in [-0.4, -0.2) is 48.8 Å². The number of nitrogens with one attached hydrogen (secondary N) is 1. The van der Waals surface area contributed by atoms with E-state index in [0.29, 0.717) is 18.2 Å². The van der Waals surface area contributed by atoms with E-state index in [1.165, 1.54) is 19.3 Å². The largest absolute Gasteiger partial charge is 0.372 e. The fourth-order valence-electron chi connectivity index (χ4n) is 2.85. The molecular formula is C17H36N2O. The Bertz CT molecular complexity index is 273. The fraction of sp³-hybridized carbons (Fsp3) is 1.00. The maximum Gasteiger partial charge on any atom is 0.0707 e. The lowest BCUT2D eigenvalue weighted by atomic mass is 10.0. The maximum atomic E-state index is 6.18. The fourth-order valence-corrected chi connectivity index (χ4v) is 2.85. The number of rotatable bonds is 7. The van der Waals surface area contributed by atoms with Gasteiger partial charge in [0.05, 0.1) is 12.2 Å². The third kappa shape index (κ3) is 7.05. The van der Waals surface area contributed by atoms with Gasteiger partial charge in [0.25, 0.3) is 0 Å². The summed E-state index contributed by atoms with van der Waals surface area (Å²) in [5.74, 6) is 0.765. The summed E-state index contributed by atoms with van der Waals surface area (Å²) in [6.07, 6.45) is 4.47. The molecule has 0 aromatic rings. The van der Waals surface area contributed by atoms with Gasteiger partial charge in [-0.1, -0.05) is 13.8 Å². The first-order valence-corrected chi connectivity index (χ1v) is 8.28. The molecule has 3 heteroatoms. The highest BCUT2D eigenvalue weighted by Gasteiger charge is 2.27. The van der Waals surface area contributed by atoms with Gasteiger partial charge in [0.1, 0.15) is 0 Å². The zero-order chi connectivity index (χ0) is 15.3. The summed E-state index contributed by atoms with van der Waals surface area (Å²) in [5.41, 5.74) is 0.185. The smallest absolute Gasteiger partial charge is 0.0707 e. The molecule has 3 atom stereocenters. The summed E-state index contributed by atoms with van der Waals surface area (Å²) in [5, 5.41) is 3.55. The topological polar surface area (TPSA) is 24.5 Å². The molecule has 20 heavy (non-hydrogen) atoms. The van der Waals surface area contributed by atoms with Crippen molar-refractivity contribution >= 4 is 0 Å². The van der Waals surface area contributed by atoms with E-state index in [1.54, 1.807) is 0 Å². The summed E-state index contributed by atoms with van der Waals surface area (Å²) in [6, 6.07) is 0.644. The van der Waals surface area contributed by atoms with Crippen molar-refractivity contribution in [3.8, 4) is 0 Å². The van der Waals surface area contributed by atoms with E-state index in [0.717, 1.165) is 19.0 Å². The SMILES string of the molecule is CC(C)CC(C)N(C)CC1CCC(CNC(C)(C)C)O1. The molecule has 0 aliphatic carbocycles. The van der Waals surface area contributed by atoms with Crippen LogP contribution in [0.15, 0.2) is 0 Å². The minimum absolute atomic E-state index is 0.185. The second-order valence-corrected chi connectivity index (χ2v) is 8.01. The lowest BCUT2D eigenvalue weighted by Crippen LogP contribution is -2.41. The minimum atomic E-state index is 0.185. The summed E-state index contributed by atoms with van der Waals surface area (Å²) in [4.78, 5) is 2.46. The highest BCUT2D eigenvalue weighted by atomic mass is 16.5. The zero-order valence-corrected chi connectivity index (χ0v) is 14.7. The highest BCUT2D eigenvalue weighted by molar-refractivity contribution is 4.81. The number of ether oxygens (including phenoxy) is 1. The Hall–Kier alpha value is -0.120. The van der Waals surface area contributed by atoms with Crippen molar-refractivity contribution in [1.82, 2.24) is 10.2 Å². The molecule has 1 rings (SSSR count). The first kappa shape index (κ1) is 17.9. The number of hydrogen-bond acceptors (Lipinski definition) is 3. The first-order chi connectivity index (χ1) is 9.17. The lowest BCUT2D eigenvalue weighted by Gasteiger charge is -2.29. The van der Waals surface area contributed by atoms with Gasteiger partial charge in [-0.2, -0.15) is 0 Å². The molecule has 1 heterocycles. The van der Waals surface area contributed by atoms with E-state index in [1.807, 2.05) is 0 Å². The summed E-state index contributed by atoms with van der Waals surface area (Å²) in [6.45, 7) is 15.6. The van der Waals surface area contributed by atoms with Crippen LogP contribution in [0.5, 0.6) is 0 Å². The summed E-state index contributed by atoms with van der Waals surface area (Å²) >= 11 is 0. The van der Waals surface area contributed by atoms with Crippen LogP contribution >= 0.6 is 0 Å². The van der Waals surface area contributed by atoms with Crippen LogP contribution in [0.4, 0.5) is 0 Å². The number of hydrogen-bond donors (Lipinski definition) is 1. The van der Waals surface area contributed by atoms with Gasteiger partial charge in [-0.05, 0) is 59.9 Å². The van der Waals surface area contributed by atoms with Gasteiger partial charge in [-0.15, -0.1) is 0 Å². The molecule has 0 bridgehead atoms. The monoisotopic (exact) mass is 284 g/mol. The molecule has 3 nitrogen and oxygen atoms in total. The van der Waals surface area contributed by atoms with Crippen LogP contribution in [0, 0.1) is 5.92 Å². The molecule has 1 aliphatic rings. The molecule has 1 aliphatic heterocycles. The molecule has 0 radical (unpaired) electrons. The zero-order valence-electron chi connectivity index (χ0n) is 14.7. The van der Waals surface area contributed by atoms with Crippen molar-refractivity contribution < 1.29 is 4.74 Å². The predicted octanol–water partition coefficient (Wildman–Crippen LogP) is 3.29. The molecule has 0 amide bonds. The number of nitrogens with zero attached hydrogens (tertiary/aromatic N) is 1. The molecule has 0 aromatic carbocycles. The van der Waals surface area contributed by atoms with E-state index in [4.69, 9.17) is 4.74 Å². The van der Waals surface area contributed by atoms with E-state index in [9.17, 15) is 0 Å². The standard InChI is InChI=1S/C17H36N2O/c1-13(2)10-14(3)19(7)12-16-9-8-15(20-16)11-18-17(4,5)6/h13-16,18H,8-12H2,1-7H3. The van der Waals surface area contributed by atoms with Gasteiger partial charge in [0.15, 0.2) is 0 Å². The van der Waals surface area contributed by atoms with Crippen molar-refractivity contribution in [3.05, 3.63) is 0 Å². The second kappa shape index (κ2) is 7.77. The Kier molecular flexibility index (Phi) is 6.96. The minimum Gasteiger partial charge on any atom is -0.372 e. The Labute approximate surface area is 126 Å². The maximum absolute atomic E-state index is 6.18. The van der Waals surface area contributed by atoms with E-state index >= 15 is 0 Å². The lowest BCUT2D eigenvalue weighted by molar-refractivity contribution is 0.0180. The second-order valence-electron chi connectivity index (χ2n) is 8.01. The Morgan fingerprint density at radius 2 is 1.75 bits per heavy atom. The Morgan fingerprint density at radius 1 is 1.15 bits per heavy atom. The molecule has 1 N–H and O–H groups in total. The summed E-state index contributed by atoms with van der Waals surface area (Å²) in [7, 11) is 2.23. The molecule has 1 saturated heterocycles. The molecular weight excluding hydrogens is 248 g/mol. The first-order valence-electron chi connectivity index (χ1n) is 8.28. The average molecular weight is 284 g/mol. The molecule has 3 unspecified atom stereocenters. The van der Waals surface area contributed by atoms with E-state index in [2.05, 4.69) is 58.8 Å². The van der Waals surface area contributed by atoms with Gasteiger partial charge in [-0.25, -0.2) is 0 Å². The van der Waals surface area contributed by atoms with Crippen molar-refractivity contribution in [1.29, 1.82) is 0 Å². The van der Waals surface area contributed by atoms with E-state index < -0.39 is 0 Å². The van der Waals surface area contributed by atoms with Crippen LogP contribution in [0.2, 0.25) is 0 Å². The normalized spacial score (nSPS) is 25.6. The molecule has 120 valence electrons. The molecule has 0 aromatic heterocycles. The van der Waals surface area contributed by atoms with Gasteiger partial charge < -0.3 is 15.0 Å². The van der Waals surface area contributed by atoms with E-state index in [-0.39, 0.29) is 5.54 Å². The highest BCUT2D eigenvalue weighted by Crippen LogP contribution is 2.21. The van der Waals surface area contributed by atoms with Crippen LogP contribution < -0.4 is 5.32 Å². The third-order valence-corrected chi connectivity index (χ3v) is 4.11. The molecule has 0 spiro atoms. The van der Waals surface area contributed by atoms with Crippen LogP contribution in [0.3, 0.4) is 0 Å². The van der Waals surface area contributed by atoms with Crippen LogP contribution in [-0.2, 0) is 4.74 Å². The third-order valence-electron chi connectivity index (χ3n) is 4.11. The van der Waals surface area contributed by atoms with Gasteiger partial charge in [-0.3, -0.25) is 0 Å². The predicted molar refractivity (Wildman–Crippen MR) is 87.2 cm³/mol. The van der Waals surface area contributed by atoms with Crippen molar-refractivity contribution in [2.75, 3.05) is 20.1 Å². The van der Waals surface area contributed by atoms with Crippen molar-refractivity contribution in [3.63, 3.8) is 0 Å². The molecule has 1 fully saturated rings. The number of likely N-dealkylation sites (N-methyl/N-ethyl adjacent to an activating group) is 1. The van der Waals surface area contributed by atoms with Crippen LogP contribution in [0.1, 0.15) is 60.8 Å². The Morgan fingerprint density at radius 3 is 2.30 bits per heavy atom. The van der Waals surface area contributed by atoms with Gasteiger partial charge >= 0.3 is 0 Å². The summed E-state index contributed by atoms with van der Waals surface area (Å²) < 4.78 is 6.18. The van der Waals surface area contributed by atoms with Crippen LogP contribution in [0.25, 0.3) is 0 Å². The Balaban J connectivity index is 2.26. The quantitative estimate of drug-likeness (QED) is 0.776.